The molecule has 2 aromatic rings. The van der Waals surface area contributed by atoms with E-state index in [2.05, 4.69) is 10.3 Å². The number of hydrogen-bond donors (Lipinski definition) is 2. The molecule has 2 rings (SSSR count). The molecule has 1 unspecified atom stereocenters. The molecule has 3 N–H and O–H groups in total. The third-order valence-electron chi connectivity index (χ3n) is 2.96. The number of carbonyl (C=O) groups excluding carboxylic acids is 1. The Hall–Kier alpha value is -2.15. The minimum Gasteiger partial charge on any atom is -0.494 e. The molecule has 0 aliphatic rings. The second-order valence-electron chi connectivity index (χ2n) is 4.54. The fourth-order valence-corrected chi connectivity index (χ4v) is 2.46. The number of nitrogens with zero attached hydrogens (tertiary/aromatic N) is 1. The van der Waals surface area contributed by atoms with E-state index in [1.54, 1.807) is 18.4 Å². The van der Waals surface area contributed by atoms with Crippen molar-refractivity contribution in [1.82, 2.24) is 10.3 Å². The molecule has 1 atom stereocenters. The summed E-state index contributed by atoms with van der Waals surface area (Å²) in [5.74, 6) is -0.470. The lowest BCUT2D eigenvalue weighted by Gasteiger charge is -2.15. The van der Waals surface area contributed by atoms with E-state index in [-0.39, 0.29) is 24.1 Å². The molecule has 0 bridgehead atoms. The molecular weight excluding hydrogens is 293 g/mol. The van der Waals surface area contributed by atoms with Crippen LogP contribution >= 0.6 is 11.3 Å². The molecule has 0 aliphatic heterocycles. The summed E-state index contributed by atoms with van der Waals surface area (Å²) < 4.78 is 18.5. The molecule has 5 nitrogen and oxygen atoms in total. The van der Waals surface area contributed by atoms with Gasteiger partial charge in [0.15, 0.2) is 16.7 Å². The molecule has 0 radical (unpaired) electrons. The first-order valence-corrected chi connectivity index (χ1v) is 7.20. The van der Waals surface area contributed by atoms with Crippen molar-refractivity contribution in [2.45, 2.75) is 19.4 Å². The van der Waals surface area contributed by atoms with Crippen molar-refractivity contribution in [1.29, 1.82) is 0 Å². The fourth-order valence-electron chi connectivity index (χ4n) is 1.90. The number of thiazole rings is 1. The van der Waals surface area contributed by atoms with Gasteiger partial charge in [0, 0.05) is 5.38 Å². The number of nitrogen functional groups attached to an aromatic ring is 1. The third-order valence-corrected chi connectivity index (χ3v) is 3.69. The number of rotatable bonds is 5. The van der Waals surface area contributed by atoms with E-state index >= 15 is 0 Å². The largest absolute Gasteiger partial charge is 0.494 e. The molecule has 1 amide bonds. The summed E-state index contributed by atoms with van der Waals surface area (Å²) in [7, 11) is 1.41. The van der Waals surface area contributed by atoms with Crippen LogP contribution in [0.1, 0.15) is 24.2 Å². The Labute approximate surface area is 126 Å². The highest BCUT2D eigenvalue weighted by Gasteiger charge is 2.13. The Kier molecular flexibility index (Phi) is 4.74. The summed E-state index contributed by atoms with van der Waals surface area (Å²) in [5.41, 5.74) is 6.81. The minimum atomic E-state index is -0.455. The quantitative estimate of drug-likeness (QED) is 0.888. The van der Waals surface area contributed by atoms with Gasteiger partial charge in [-0.1, -0.05) is 6.07 Å². The van der Waals surface area contributed by atoms with Gasteiger partial charge in [-0.25, -0.2) is 9.37 Å². The fraction of sp³-hybridized carbons (Fsp3) is 0.286. The number of anilines is 1. The van der Waals surface area contributed by atoms with Crippen molar-refractivity contribution in [2.75, 3.05) is 12.8 Å². The van der Waals surface area contributed by atoms with Gasteiger partial charge in [-0.3, -0.25) is 4.79 Å². The van der Waals surface area contributed by atoms with Crippen LogP contribution < -0.4 is 15.8 Å². The van der Waals surface area contributed by atoms with Gasteiger partial charge in [-0.05, 0) is 24.6 Å². The zero-order valence-electron chi connectivity index (χ0n) is 11.7. The standard InChI is InChI=1S/C14H16FN3O2S/c1-8(9-3-4-12(20-2)11(15)5-9)17-13(19)6-10-7-21-14(16)18-10/h3-5,7-8H,6H2,1-2H3,(H2,16,18)(H,17,19). The summed E-state index contributed by atoms with van der Waals surface area (Å²) in [5, 5.41) is 4.97. The Morgan fingerprint density at radius 1 is 1.57 bits per heavy atom. The maximum Gasteiger partial charge on any atom is 0.226 e. The lowest BCUT2D eigenvalue weighted by molar-refractivity contribution is -0.121. The highest BCUT2D eigenvalue weighted by molar-refractivity contribution is 7.13. The van der Waals surface area contributed by atoms with Gasteiger partial charge in [0.25, 0.3) is 0 Å². The summed E-state index contributed by atoms with van der Waals surface area (Å²) in [6.45, 7) is 1.79. The lowest BCUT2D eigenvalue weighted by Crippen LogP contribution is -2.28. The van der Waals surface area contributed by atoms with E-state index in [0.29, 0.717) is 16.4 Å². The third kappa shape index (κ3) is 3.91. The molecule has 0 spiro atoms. The first-order valence-electron chi connectivity index (χ1n) is 6.32. The van der Waals surface area contributed by atoms with Crippen molar-refractivity contribution < 1.29 is 13.9 Å². The van der Waals surface area contributed by atoms with Crippen LogP contribution in [-0.4, -0.2) is 18.0 Å². The van der Waals surface area contributed by atoms with Crippen LogP contribution in [0.3, 0.4) is 0 Å². The van der Waals surface area contributed by atoms with Crippen LogP contribution in [0, 0.1) is 5.82 Å². The lowest BCUT2D eigenvalue weighted by atomic mass is 10.1. The first-order chi connectivity index (χ1) is 9.99. The first kappa shape index (κ1) is 15.2. The molecule has 0 aliphatic carbocycles. The Balaban J connectivity index is 1.98. The second-order valence-corrected chi connectivity index (χ2v) is 5.43. The molecule has 21 heavy (non-hydrogen) atoms. The number of hydrogen-bond acceptors (Lipinski definition) is 5. The number of aromatic nitrogens is 1. The van der Waals surface area contributed by atoms with Gasteiger partial charge in [0.1, 0.15) is 0 Å². The average Bonchev–Trinajstić information content (AvgIpc) is 2.83. The molecule has 112 valence electrons. The van der Waals surface area contributed by atoms with Crippen LogP contribution in [0.5, 0.6) is 5.75 Å². The van der Waals surface area contributed by atoms with E-state index in [4.69, 9.17) is 10.5 Å². The molecule has 0 saturated carbocycles. The summed E-state index contributed by atoms with van der Waals surface area (Å²) in [6.07, 6.45) is 0.149. The zero-order valence-corrected chi connectivity index (χ0v) is 12.5. The van der Waals surface area contributed by atoms with Crippen molar-refractivity contribution in [2.24, 2.45) is 0 Å². The van der Waals surface area contributed by atoms with Gasteiger partial charge in [-0.2, -0.15) is 0 Å². The maximum absolute atomic E-state index is 13.6. The summed E-state index contributed by atoms with van der Waals surface area (Å²) in [4.78, 5) is 15.9. The van der Waals surface area contributed by atoms with Crippen LogP contribution in [0.15, 0.2) is 23.6 Å². The number of amides is 1. The van der Waals surface area contributed by atoms with E-state index in [1.165, 1.54) is 30.6 Å². The van der Waals surface area contributed by atoms with Gasteiger partial charge >= 0.3 is 0 Å². The SMILES string of the molecule is COc1ccc(C(C)NC(=O)Cc2csc(N)n2)cc1F. The summed E-state index contributed by atoms with van der Waals surface area (Å²) in [6, 6.07) is 4.29. The van der Waals surface area contributed by atoms with Gasteiger partial charge in [0.2, 0.25) is 5.91 Å². The van der Waals surface area contributed by atoms with Crippen molar-refractivity contribution in [3.05, 3.63) is 40.7 Å². The van der Waals surface area contributed by atoms with Crippen LogP contribution in [0.2, 0.25) is 0 Å². The molecule has 0 saturated heterocycles. The smallest absolute Gasteiger partial charge is 0.226 e. The Morgan fingerprint density at radius 2 is 2.33 bits per heavy atom. The van der Waals surface area contributed by atoms with Crippen molar-refractivity contribution in [3.63, 3.8) is 0 Å². The summed E-state index contributed by atoms with van der Waals surface area (Å²) >= 11 is 1.29. The van der Waals surface area contributed by atoms with Crippen LogP contribution in [0.4, 0.5) is 9.52 Å². The molecule has 1 heterocycles. The number of carbonyl (C=O) groups is 1. The Bertz CT molecular complexity index is 645. The monoisotopic (exact) mass is 309 g/mol. The predicted octanol–water partition coefficient (Wildman–Crippen LogP) is 2.29. The number of benzene rings is 1. The van der Waals surface area contributed by atoms with Crippen LogP contribution in [0.25, 0.3) is 0 Å². The van der Waals surface area contributed by atoms with Crippen LogP contribution in [-0.2, 0) is 11.2 Å². The molecular formula is C14H16FN3O2S. The minimum absolute atomic E-state index is 0.149. The number of halogens is 1. The maximum atomic E-state index is 13.6. The van der Waals surface area contributed by atoms with E-state index in [0.717, 1.165) is 0 Å². The zero-order chi connectivity index (χ0) is 15.4. The highest BCUT2D eigenvalue weighted by atomic mass is 32.1. The number of nitrogens with one attached hydrogen (secondary N) is 1. The normalized spacial score (nSPS) is 12.0. The van der Waals surface area contributed by atoms with E-state index in [1.807, 2.05) is 0 Å². The van der Waals surface area contributed by atoms with Gasteiger partial charge in [-0.15, -0.1) is 11.3 Å². The van der Waals surface area contributed by atoms with Gasteiger partial charge in [0.05, 0.1) is 25.3 Å². The topological polar surface area (TPSA) is 77.2 Å². The van der Waals surface area contributed by atoms with E-state index < -0.39 is 5.82 Å². The number of ether oxygens (including phenoxy) is 1. The van der Waals surface area contributed by atoms with Gasteiger partial charge < -0.3 is 15.8 Å². The average molecular weight is 309 g/mol. The molecule has 7 heteroatoms. The highest BCUT2D eigenvalue weighted by Crippen LogP contribution is 2.21. The molecule has 0 fully saturated rings. The number of methoxy groups -OCH3 is 1. The molecule has 1 aromatic carbocycles. The molecule has 1 aromatic heterocycles. The Morgan fingerprint density at radius 3 is 2.90 bits per heavy atom. The van der Waals surface area contributed by atoms with Crippen molar-refractivity contribution >= 4 is 22.4 Å². The predicted molar refractivity (Wildman–Crippen MR) is 79.7 cm³/mol. The second kappa shape index (κ2) is 6.53. The number of nitrogens with two attached hydrogens (primary N) is 1. The van der Waals surface area contributed by atoms with Crippen molar-refractivity contribution in [3.8, 4) is 5.75 Å². The van der Waals surface area contributed by atoms with E-state index in [9.17, 15) is 9.18 Å².